The average molecular weight is 547 g/mol. The van der Waals surface area contributed by atoms with E-state index < -0.39 is 22.9 Å². The van der Waals surface area contributed by atoms with Crippen LogP contribution in [0, 0.1) is 5.92 Å². The van der Waals surface area contributed by atoms with Crippen molar-refractivity contribution in [3.8, 4) is 0 Å². The van der Waals surface area contributed by atoms with E-state index in [1.807, 2.05) is 56.0 Å². The second kappa shape index (κ2) is 10.7. The number of likely N-dealkylation sites (tertiary alicyclic amines) is 1. The Hall–Kier alpha value is -4.28. The lowest BCUT2D eigenvalue weighted by Crippen LogP contribution is -2.52. The van der Waals surface area contributed by atoms with Gasteiger partial charge >= 0.3 is 12.1 Å². The van der Waals surface area contributed by atoms with Gasteiger partial charge in [0.1, 0.15) is 5.60 Å². The summed E-state index contributed by atoms with van der Waals surface area (Å²) in [6, 6.07) is 16.4. The normalized spacial score (nSPS) is 17.9. The molecule has 40 heavy (non-hydrogen) atoms. The number of aromatic nitrogens is 4. The Kier molecular flexibility index (Phi) is 7.31. The monoisotopic (exact) mass is 546 g/mol. The van der Waals surface area contributed by atoms with Crippen LogP contribution >= 0.6 is 0 Å². The van der Waals surface area contributed by atoms with Crippen molar-refractivity contribution >= 4 is 18.0 Å². The first-order valence-corrected chi connectivity index (χ1v) is 13.5. The first-order valence-electron chi connectivity index (χ1n) is 13.5. The van der Waals surface area contributed by atoms with Crippen molar-refractivity contribution in [3.05, 3.63) is 77.1 Å². The molecule has 5 rings (SSSR count). The number of amides is 2. The molecule has 1 unspecified atom stereocenters. The molecule has 1 aromatic heterocycles. The van der Waals surface area contributed by atoms with Crippen molar-refractivity contribution in [1.82, 2.24) is 30.0 Å². The van der Waals surface area contributed by atoms with E-state index in [2.05, 4.69) is 15.5 Å². The number of carbonyl (C=O) groups excluding carboxylic acids is 2. The predicted molar refractivity (Wildman–Crippen MR) is 144 cm³/mol. The first-order chi connectivity index (χ1) is 19.1. The smallest absolute Gasteiger partial charge is 0.410 e. The standard InChI is InChI=1S/C29H34N6O5/c1-28(2,3)40-27(39)33-15-13-29(14-16-33)23(19-35-26(29)30-31-32-35)24(36)34(17-20-7-5-4-6-8-20)18-21-9-11-22(12-10-21)25(37)38/h4-12,23H,13-19H2,1-3H3,(H,37,38). The molecule has 1 fully saturated rings. The molecule has 1 atom stereocenters. The van der Waals surface area contributed by atoms with Crippen LogP contribution in [0.1, 0.15) is 60.9 Å². The zero-order valence-electron chi connectivity index (χ0n) is 23.0. The molecule has 2 aromatic carbocycles. The van der Waals surface area contributed by atoms with Crippen molar-refractivity contribution in [2.75, 3.05) is 13.1 Å². The summed E-state index contributed by atoms with van der Waals surface area (Å²) in [6.07, 6.45) is 0.712. The molecular weight excluding hydrogens is 512 g/mol. The van der Waals surface area contributed by atoms with Crippen LogP contribution in [0.25, 0.3) is 0 Å². The number of carbonyl (C=O) groups is 3. The predicted octanol–water partition coefficient (Wildman–Crippen LogP) is 3.50. The number of piperidine rings is 1. The Bertz CT molecular complexity index is 1370. The number of hydrogen-bond acceptors (Lipinski definition) is 7. The maximum absolute atomic E-state index is 14.4. The summed E-state index contributed by atoms with van der Waals surface area (Å²) < 4.78 is 7.30. The molecule has 1 saturated heterocycles. The molecule has 0 aliphatic carbocycles. The van der Waals surface area contributed by atoms with Gasteiger partial charge in [0.2, 0.25) is 5.91 Å². The number of hydrogen-bond donors (Lipinski definition) is 1. The van der Waals surface area contributed by atoms with Gasteiger partial charge in [0.05, 0.1) is 18.0 Å². The van der Waals surface area contributed by atoms with E-state index in [-0.39, 0.29) is 17.6 Å². The van der Waals surface area contributed by atoms with E-state index in [0.717, 1.165) is 11.1 Å². The van der Waals surface area contributed by atoms with Gasteiger partial charge in [0, 0.05) is 31.6 Å². The molecule has 11 nitrogen and oxygen atoms in total. The maximum Gasteiger partial charge on any atom is 0.410 e. The quantitative estimate of drug-likeness (QED) is 0.497. The summed E-state index contributed by atoms with van der Waals surface area (Å²) in [5.74, 6) is -0.789. The van der Waals surface area contributed by atoms with E-state index in [4.69, 9.17) is 4.74 Å². The molecule has 0 bridgehead atoms. The largest absolute Gasteiger partial charge is 0.478 e. The van der Waals surface area contributed by atoms with Crippen LogP contribution in [0.15, 0.2) is 54.6 Å². The van der Waals surface area contributed by atoms with Crippen LogP contribution in [0.2, 0.25) is 0 Å². The number of carboxylic acid groups (broad SMARTS) is 1. The fraction of sp³-hybridized carbons (Fsp3) is 0.448. The van der Waals surface area contributed by atoms with E-state index in [1.54, 1.807) is 33.8 Å². The van der Waals surface area contributed by atoms with E-state index in [0.29, 0.717) is 51.4 Å². The van der Waals surface area contributed by atoms with Crippen molar-refractivity contribution in [3.63, 3.8) is 0 Å². The highest BCUT2D eigenvalue weighted by Crippen LogP contribution is 2.47. The van der Waals surface area contributed by atoms with Gasteiger partial charge in [-0.2, -0.15) is 0 Å². The third kappa shape index (κ3) is 5.54. The lowest BCUT2D eigenvalue weighted by Gasteiger charge is -2.42. The fourth-order valence-corrected chi connectivity index (χ4v) is 5.70. The Morgan fingerprint density at radius 1 is 1.00 bits per heavy atom. The Labute approximate surface area is 232 Å². The molecule has 1 spiro atoms. The number of carboxylic acids is 1. The lowest BCUT2D eigenvalue weighted by atomic mass is 9.69. The Balaban J connectivity index is 1.41. The van der Waals surface area contributed by atoms with E-state index >= 15 is 0 Å². The summed E-state index contributed by atoms with van der Waals surface area (Å²) in [6.45, 7) is 7.45. The van der Waals surface area contributed by atoms with Crippen molar-refractivity contribution in [2.45, 2.75) is 64.3 Å². The van der Waals surface area contributed by atoms with Crippen LogP contribution in [-0.2, 0) is 34.6 Å². The highest BCUT2D eigenvalue weighted by atomic mass is 16.6. The molecular formula is C29H34N6O5. The zero-order chi connectivity index (χ0) is 28.5. The molecule has 3 aromatic rings. The van der Waals surface area contributed by atoms with Gasteiger partial charge in [-0.25, -0.2) is 14.3 Å². The Morgan fingerprint density at radius 2 is 1.62 bits per heavy atom. The summed E-state index contributed by atoms with van der Waals surface area (Å²) in [5.41, 5.74) is 0.811. The molecule has 210 valence electrons. The van der Waals surface area contributed by atoms with Crippen LogP contribution < -0.4 is 0 Å². The molecule has 0 saturated carbocycles. The highest BCUT2D eigenvalue weighted by Gasteiger charge is 2.55. The number of aromatic carboxylic acids is 1. The molecule has 2 amide bonds. The number of fused-ring (bicyclic) bond motifs is 2. The van der Waals surface area contributed by atoms with Gasteiger partial charge in [-0.05, 0) is 67.3 Å². The van der Waals surface area contributed by atoms with Gasteiger partial charge in [-0.3, -0.25) is 4.79 Å². The summed E-state index contributed by atoms with van der Waals surface area (Å²) in [7, 11) is 0. The van der Waals surface area contributed by atoms with Crippen molar-refractivity contribution in [2.24, 2.45) is 5.92 Å². The summed E-state index contributed by atoms with van der Waals surface area (Å²) >= 11 is 0. The molecule has 2 aliphatic heterocycles. The minimum Gasteiger partial charge on any atom is -0.478 e. The van der Waals surface area contributed by atoms with Gasteiger partial charge in [0.25, 0.3) is 0 Å². The summed E-state index contributed by atoms with van der Waals surface area (Å²) in [4.78, 5) is 42.0. The van der Waals surface area contributed by atoms with Crippen molar-refractivity contribution < 1.29 is 24.2 Å². The minimum absolute atomic E-state index is 0.0378. The van der Waals surface area contributed by atoms with Crippen LogP contribution in [0.4, 0.5) is 4.79 Å². The SMILES string of the molecule is CC(C)(C)OC(=O)N1CCC2(CC1)c1nnnn1CC2C(=O)N(Cc1ccccc1)Cc1ccc(C(=O)O)cc1. The molecule has 11 heteroatoms. The van der Waals surface area contributed by atoms with Gasteiger partial charge < -0.3 is 19.6 Å². The minimum atomic E-state index is -0.995. The second-order valence-electron chi connectivity index (χ2n) is 11.5. The van der Waals surface area contributed by atoms with Crippen molar-refractivity contribution in [1.29, 1.82) is 0 Å². The maximum atomic E-state index is 14.4. The number of tetrazole rings is 1. The number of benzene rings is 2. The highest BCUT2D eigenvalue weighted by molar-refractivity contribution is 5.87. The van der Waals surface area contributed by atoms with Crippen LogP contribution in [0.5, 0.6) is 0 Å². The summed E-state index contributed by atoms with van der Waals surface area (Å²) in [5, 5.41) is 21.6. The third-order valence-electron chi connectivity index (χ3n) is 7.71. The first kappa shape index (κ1) is 27.3. The van der Waals surface area contributed by atoms with Crippen LogP contribution in [-0.4, -0.2) is 71.8 Å². The molecule has 1 N–H and O–H groups in total. The lowest BCUT2D eigenvalue weighted by molar-refractivity contribution is -0.140. The molecule has 3 heterocycles. The number of rotatable bonds is 6. The topological polar surface area (TPSA) is 131 Å². The fourth-order valence-electron chi connectivity index (χ4n) is 5.70. The van der Waals surface area contributed by atoms with Gasteiger partial charge in [-0.15, -0.1) is 5.10 Å². The number of nitrogens with zero attached hydrogens (tertiary/aromatic N) is 6. The molecule has 2 aliphatic rings. The van der Waals surface area contributed by atoms with Crippen LogP contribution in [0.3, 0.4) is 0 Å². The van der Waals surface area contributed by atoms with Gasteiger partial charge in [0.15, 0.2) is 5.82 Å². The third-order valence-corrected chi connectivity index (χ3v) is 7.71. The second-order valence-corrected chi connectivity index (χ2v) is 11.5. The van der Waals surface area contributed by atoms with E-state index in [1.165, 1.54) is 0 Å². The van der Waals surface area contributed by atoms with E-state index in [9.17, 15) is 19.5 Å². The average Bonchev–Trinajstić information content (AvgIpc) is 3.50. The number of ether oxygens (including phenoxy) is 1. The molecule has 0 radical (unpaired) electrons. The van der Waals surface area contributed by atoms with Gasteiger partial charge in [-0.1, -0.05) is 42.5 Å². The Morgan fingerprint density at radius 3 is 2.23 bits per heavy atom. The zero-order valence-corrected chi connectivity index (χ0v) is 23.0.